The number of hydrogen-bond donors (Lipinski definition) is 0. The first-order valence-electron chi connectivity index (χ1n) is 3.01. The van der Waals surface area contributed by atoms with E-state index in [1.165, 1.54) is 6.20 Å². The van der Waals surface area contributed by atoms with E-state index in [4.69, 9.17) is 0 Å². The van der Waals surface area contributed by atoms with Crippen molar-refractivity contribution in [3.8, 4) is 0 Å². The molecule has 0 fully saturated rings. The molecular formula is C6H6BrN2O2S-. The summed E-state index contributed by atoms with van der Waals surface area (Å²) < 4.78 is 25.5. The largest absolute Gasteiger partial charge is 0.576 e. The van der Waals surface area contributed by atoms with Gasteiger partial charge in [-0.1, -0.05) is 6.07 Å². The van der Waals surface area contributed by atoms with Crippen LogP contribution in [0, 0.1) is 0 Å². The third-order valence-electron chi connectivity index (χ3n) is 0.962. The zero-order chi connectivity index (χ0) is 9.19. The molecule has 0 aliphatic carbocycles. The van der Waals surface area contributed by atoms with E-state index in [9.17, 15) is 8.42 Å². The van der Waals surface area contributed by atoms with Gasteiger partial charge >= 0.3 is 0 Å². The SMILES string of the molecule is CS(=O)(=O)[N-]c1cncc(Br)c1. The normalized spacial score (nSPS) is 11.2. The third-order valence-corrected chi connectivity index (χ3v) is 1.94. The number of nitrogens with zero attached hydrogens (tertiary/aromatic N) is 2. The lowest BCUT2D eigenvalue weighted by atomic mass is 10.4. The van der Waals surface area contributed by atoms with E-state index in [0.29, 0.717) is 10.2 Å². The summed E-state index contributed by atoms with van der Waals surface area (Å²) in [5.41, 5.74) is 0.326. The van der Waals surface area contributed by atoms with Crippen molar-refractivity contribution in [1.29, 1.82) is 0 Å². The Hall–Kier alpha value is -0.620. The molecule has 1 aromatic rings. The van der Waals surface area contributed by atoms with E-state index in [1.807, 2.05) is 0 Å². The van der Waals surface area contributed by atoms with Crippen LogP contribution in [0.2, 0.25) is 0 Å². The zero-order valence-electron chi connectivity index (χ0n) is 6.23. The molecule has 0 spiro atoms. The predicted octanol–water partition coefficient (Wildman–Crippen LogP) is 1.81. The molecule has 12 heavy (non-hydrogen) atoms. The van der Waals surface area contributed by atoms with Crippen molar-refractivity contribution >= 4 is 31.6 Å². The first-order valence-corrected chi connectivity index (χ1v) is 5.65. The molecule has 0 atom stereocenters. The lowest BCUT2D eigenvalue weighted by molar-refractivity contribution is 0.609. The summed E-state index contributed by atoms with van der Waals surface area (Å²) in [5.74, 6) is 0. The topological polar surface area (TPSA) is 61.1 Å². The smallest absolute Gasteiger partial charge is 0.0909 e. The van der Waals surface area contributed by atoms with Crippen LogP contribution in [0.15, 0.2) is 22.9 Å². The van der Waals surface area contributed by atoms with Crippen LogP contribution in [-0.4, -0.2) is 19.7 Å². The molecule has 0 aliphatic heterocycles. The van der Waals surface area contributed by atoms with E-state index in [0.717, 1.165) is 6.26 Å². The van der Waals surface area contributed by atoms with Crippen LogP contribution in [0.4, 0.5) is 5.69 Å². The summed E-state index contributed by atoms with van der Waals surface area (Å²) >= 11 is 3.15. The molecule has 0 radical (unpaired) electrons. The number of hydrogen-bond acceptors (Lipinski definition) is 3. The maximum Gasteiger partial charge on any atom is 0.0909 e. The highest BCUT2D eigenvalue weighted by Gasteiger charge is 1.89. The van der Waals surface area contributed by atoms with Gasteiger partial charge in [0.25, 0.3) is 0 Å². The Morgan fingerprint density at radius 2 is 2.17 bits per heavy atom. The first-order chi connectivity index (χ1) is 5.47. The van der Waals surface area contributed by atoms with E-state index in [-0.39, 0.29) is 0 Å². The van der Waals surface area contributed by atoms with Crippen molar-refractivity contribution in [2.24, 2.45) is 0 Å². The van der Waals surface area contributed by atoms with Crippen molar-refractivity contribution in [2.75, 3.05) is 6.26 Å². The van der Waals surface area contributed by atoms with Crippen molar-refractivity contribution in [1.82, 2.24) is 4.98 Å². The van der Waals surface area contributed by atoms with Crippen LogP contribution < -0.4 is 0 Å². The lowest BCUT2D eigenvalue weighted by Crippen LogP contribution is -1.90. The third kappa shape index (κ3) is 3.19. The van der Waals surface area contributed by atoms with Crippen molar-refractivity contribution in [3.05, 3.63) is 27.7 Å². The standard InChI is InChI=1S/C6H6BrN2O2S/c1-12(10,11)9-6-2-5(7)3-8-4-6/h2-4H,1H3/q-1. The number of halogens is 1. The van der Waals surface area contributed by atoms with Gasteiger partial charge in [0.2, 0.25) is 0 Å². The molecule has 1 aromatic heterocycles. The highest BCUT2D eigenvalue weighted by molar-refractivity contribution is 9.10. The highest BCUT2D eigenvalue weighted by atomic mass is 79.9. The summed E-state index contributed by atoms with van der Waals surface area (Å²) in [4.78, 5) is 3.76. The van der Waals surface area contributed by atoms with Crippen molar-refractivity contribution in [2.45, 2.75) is 0 Å². The van der Waals surface area contributed by atoms with Crippen LogP contribution in [0.3, 0.4) is 0 Å². The van der Waals surface area contributed by atoms with E-state index in [2.05, 4.69) is 25.6 Å². The minimum Gasteiger partial charge on any atom is -0.576 e. The molecule has 0 saturated carbocycles. The summed E-state index contributed by atoms with van der Waals surface area (Å²) in [5, 5.41) is 0. The van der Waals surface area contributed by atoms with Gasteiger partial charge in [0.15, 0.2) is 0 Å². The van der Waals surface area contributed by atoms with Gasteiger partial charge in [-0.2, -0.15) is 0 Å². The van der Waals surface area contributed by atoms with Crippen LogP contribution in [-0.2, 0) is 10.0 Å². The fourth-order valence-electron chi connectivity index (χ4n) is 0.642. The maximum absolute atomic E-state index is 10.7. The second-order valence-electron chi connectivity index (χ2n) is 2.19. The summed E-state index contributed by atoms with van der Waals surface area (Å²) in [6.45, 7) is 0. The molecule has 0 unspecified atom stereocenters. The van der Waals surface area contributed by atoms with Gasteiger partial charge in [-0.3, -0.25) is 4.98 Å². The highest BCUT2D eigenvalue weighted by Crippen LogP contribution is 2.23. The van der Waals surface area contributed by atoms with Gasteiger partial charge in [0, 0.05) is 23.1 Å². The second kappa shape index (κ2) is 3.40. The van der Waals surface area contributed by atoms with Crippen molar-refractivity contribution < 1.29 is 8.42 Å². The Morgan fingerprint density at radius 3 is 2.67 bits per heavy atom. The number of rotatable bonds is 2. The molecule has 66 valence electrons. The van der Waals surface area contributed by atoms with Crippen LogP contribution in [0.5, 0.6) is 0 Å². The van der Waals surface area contributed by atoms with Gasteiger partial charge in [-0.05, 0) is 15.9 Å². The number of sulfonamides is 1. The Morgan fingerprint density at radius 1 is 1.50 bits per heavy atom. The van der Waals surface area contributed by atoms with Gasteiger partial charge in [-0.15, -0.1) is 5.69 Å². The molecule has 0 aliphatic rings. The van der Waals surface area contributed by atoms with E-state index in [1.54, 1.807) is 12.3 Å². The zero-order valence-corrected chi connectivity index (χ0v) is 8.63. The molecule has 1 rings (SSSR count). The fourth-order valence-corrected chi connectivity index (χ4v) is 1.48. The molecule has 4 nitrogen and oxygen atoms in total. The average molecular weight is 250 g/mol. The van der Waals surface area contributed by atoms with Gasteiger partial charge in [-0.25, -0.2) is 8.42 Å². The summed E-state index contributed by atoms with van der Waals surface area (Å²) in [7, 11) is -3.33. The second-order valence-corrected chi connectivity index (χ2v) is 4.75. The average Bonchev–Trinajstić information content (AvgIpc) is 1.82. The number of aromatic nitrogens is 1. The Kier molecular flexibility index (Phi) is 2.69. The fraction of sp³-hybridized carbons (Fsp3) is 0.167. The van der Waals surface area contributed by atoms with Gasteiger partial charge < -0.3 is 4.72 Å². The molecular weight excluding hydrogens is 244 g/mol. The number of pyridine rings is 1. The maximum atomic E-state index is 10.7. The lowest BCUT2D eigenvalue weighted by Gasteiger charge is -2.17. The quantitative estimate of drug-likeness (QED) is 0.804. The Labute approximate surface area is 79.2 Å². The summed E-state index contributed by atoms with van der Waals surface area (Å²) in [6, 6.07) is 1.58. The molecule has 0 aromatic carbocycles. The summed E-state index contributed by atoms with van der Waals surface area (Å²) in [6.07, 6.45) is 3.97. The molecule has 0 saturated heterocycles. The molecule has 0 N–H and O–H groups in total. The van der Waals surface area contributed by atoms with Crippen LogP contribution in [0.25, 0.3) is 4.72 Å². The predicted molar refractivity (Wildman–Crippen MR) is 49.8 cm³/mol. The van der Waals surface area contributed by atoms with Crippen molar-refractivity contribution in [3.63, 3.8) is 0 Å². The molecule has 6 heteroatoms. The molecule has 0 bridgehead atoms. The Balaban J connectivity index is 2.91. The molecule has 0 amide bonds. The Bertz CT molecular complexity index is 377. The van der Waals surface area contributed by atoms with Gasteiger partial charge in [0.05, 0.1) is 10.0 Å². The van der Waals surface area contributed by atoms with Gasteiger partial charge in [0.1, 0.15) is 0 Å². The minimum absolute atomic E-state index is 0.326. The monoisotopic (exact) mass is 249 g/mol. The van der Waals surface area contributed by atoms with Crippen LogP contribution >= 0.6 is 15.9 Å². The van der Waals surface area contributed by atoms with E-state index >= 15 is 0 Å². The molecule has 1 heterocycles. The van der Waals surface area contributed by atoms with Crippen LogP contribution in [0.1, 0.15) is 0 Å². The first kappa shape index (κ1) is 9.47. The minimum atomic E-state index is -3.33. The van der Waals surface area contributed by atoms with E-state index < -0.39 is 10.0 Å².